The maximum atomic E-state index is 13.6. The van der Waals surface area contributed by atoms with Gasteiger partial charge in [-0.05, 0) is 86.0 Å². The van der Waals surface area contributed by atoms with E-state index in [2.05, 4.69) is 20.5 Å². The zero-order valence-corrected chi connectivity index (χ0v) is 33.1. The van der Waals surface area contributed by atoms with Crippen molar-refractivity contribution in [3.05, 3.63) is 113 Å². The summed E-state index contributed by atoms with van der Waals surface area (Å²) < 4.78 is 66.2. The molecule has 0 radical (unpaired) electrons. The molecule has 0 spiro atoms. The summed E-state index contributed by atoms with van der Waals surface area (Å²) in [6.07, 6.45) is -2.19. The molecule has 0 saturated heterocycles. The first-order valence-electron chi connectivity index (χ1n) is 19.1. The molecule has 4 rings (SSSR count). The van der Waals surface area contributed by atoms with Crippen molar-refractivity contribution in [2.24, 2.45) is 0 Å². The quantitative estimate of drug-likeness (QED) is 0.0548. The number of amides is 2. The molecular weight excluding hydrogens is 757 g/mol. The molecule has 0 aliphatic carbocycles. The van der Waals surface area contributed by atoms with Crippen molar-refractivity contribution >= 4 is 29.2 Å². The Morgan fingerprint density at radius 2 is 1.45 bits per heavy atom. The van der Waals surface area contributed by atoms with Gasteiger partial charge in [-0.15, -0.1) is 0 Å². The second kappa shape index (κ2) is 23.8. The van der Waals surface area contributed by atoms with Gasteiger partial charge in [0.2, 0.25) is 0 Å². The van der Waals surface area contributed by atoms with E-state index in [0.717, 1.165) is 36.5 Å². The Labute approximate surface area is 337 Å². The van der Waals surface area contributed by atoms with Crippen LogP contribution in [0.1, 0.15) is 64.1 Å². The van der Waals surface area contributed by atoms with Crippen LogP contribution in [0.15, 0.2) is 85.1 Å². The molecule has 58 heavy (non-hydrogen) atoms. The molecule has 1 aromatic heterocycles. The standard InChI is InChI=1S/C43H51F3N4O8/c1-4-50(5-2)36-14-15-38(37(28-36)39-27-34(16-17-47-39)41(52)48-29-31-9-7-12-35(26-31)43(44,45)46)49-42(53)33-11-6-10-32(25-33)30-57-22-21-56-23-24-58-40(51)13-8-18-55-20-19-54-3/h6-7,9-12,14-17,25-28H,4-5,8,13,18-24,29-30H2,1-3H3,(H,48,52)(H,49,53). The number of alkyl halides is 3. The summed E-state index contributed by atoms with van der Waals surface area (Å²) >= 11 is 0. The van der Waals surface area contributed by atoms with E-state index in [1.54, 1.807) is 37.4 Å². The lowest BCUT2D eigenvalue weighted by atomic mass is 10.0. The lowest BCUT2D eigenvalue weighted by Gasteiger charge is -2.23. The first-order chi connectivity index (χ1) is 28.0. The normalized spacial score (nSPS) is 11.3. The van der Waals surface area contributed by atoms with Gasteiger partial charge in [0.15, 0.2) is 0 Å². The second-order valence-electron chi connectivity index (χ2n) is 13.0. The van der Waals surface area contributed by atoms with Crippen molar-refractivity contribution in [2.45, 2.75) is 46.0 Å². The average molecular weight is 809 g/mol. The summed E-state index contributed by atoms with van der Waals surface area (Å²) in [4.78, 5) is 45.3. The number of rotatable bonds is 24. The predicted octanol–water partition coefficient (Wildman–Crippen LogP) is 7.32. The van der Waals surface area contributed by atoms with Crippen LogP contribution in [-0.4, -0.2) is 89.2 Å². The largest absolute Gasteiger partial charge is 0.463 e. The van der Waals surface area contributed by atoms with Crippen LogP contribution in [0.5, 0.6) is 0 Å². The average Bonchev–Trinajstić information content (AvgIpc) is 3.23. The minimum absolute atomic E-state index is 0.107. The lowest BCUT2D eigenvalue weighted by Crippen LogP contribution is -2.23. The van der Waals surface area contributed by atoms with Crippen LogP contribution < -0.4 is 15.5 Å². The number of ether oxygens (including phenoxy) is 5. The fourth-order valence-corrected chi connectivity index (χ4v) is 5.76. The van der Waals surface area contributed by atoms with Crippen LogP contribution in [0, 0.1) is 0 Å². The van der Waals surface area contributed by atoms with Crippen LogP contribution in [0.25, 0.3) is 11.3 Å². The van der Waals surface area contributed by atoms with Gasteiger partial charge in [-0.2, -0.15) is 13.2 Å². The van der Waals surface area contributed by atoms with Crippen LogP contribution in [-0.2, 0) is 47.8 Å². The van der Waals surface area contributed by atoms with Gasteiger partial charge in [-0.3, -0.25) is 19.4 Å². The molecule has 3 aromatic carbocycles. The molecular formula is C43H51F3N4O8. The third kappa shape index (κ3) is 14.9. The van der Waals surface area contributed by atoms with E-state index in [-0.39, 0.29) is 50.2 Å². The Kier molecular flexibility index (Phi) is 18.6. The molecule has 0 atom stereocenters. The summed E-state index contributed by atoms with van der Waals surface area (Å²) in [5, 5.41) is 5.68. The van der Waals surface area contributed by atoms with Crippen LogP contribution in [0.2, 0.25) is 0 Å². The van der Waals surface area contributed by atoms with Crippen molar-refractivity contribution in [2.75, 3.05) is 76.7 Å². The Morgan fingerprint density at radius 3 is 2.22 bits per heavy atom. The Hall–Kier alpha value is -5.35. The van der Waals surface area contributed by atoms with E-state index in [1.165, 1.54) is 24.4 Å². The number of hydrogen-bond donors (Lipinski definition) is 2. The number of benzene rings is 3. The molecule has 2 N–H and O–H groups in total. The molecule has 4 aromatic rings. The fraction of sp³-hybridized carbons (Fsp3) is 0.395. The number of carbonyl (C=O) groups is 3. The van der Waals surface area contributed by atoms with Crippen molar-refractivity contribution in [1.82, 2.24) is 10.3 Å². The van der Waals surface area contributed by atoms with Crippen molar-refractivity contribution < 1.29 is 51.2 Å². The molecule has 2 amide bonds. The Balaban J connectivity index is 1.33. The molecule has 12 nitrogen and oxygen atoms in total. The summed E-state index contributed by atoms with van der Waals surface area (Å²) in [7, 11) is 1.60. The van der Waals surface area contributed by atoms with E-state index in [1.807, 2.05) is 32.0 Å². The summed E-state index contributed by atoms with van der Waals surface area (Å²) in [5.74, 6) is -1.18. The zero-order valence-electron chi connectivity index (χ0n) is 33.1. The van der Waals surface area contributed by atoms with E-state index in [4.69, 9.17) is 23.7 Å². The molecule has 0 aliphatic rings. The highest BCUT2D eigenvalue weighted by atomic mass is 19.4. The predicted molar refractivity (Wildman–Crippen MR) is 214 cm³/mol. The number of pyridine rings is 1. The van der Waals surface area contributed by atoms with Gasteiger partial charge in [-0.25, -0.2) is 0 Å². The van der Waals surface area contributed by atoms with Gasteiger partial charge < -0.3 is 39.2 Å². The maximum absolute atomic E-state index is 13.6. The molecule has 1 heterocycles. The van der Waals surface area contributed by atoms with E-state index in [0.29, 0.717) is 67.5 Å². The van der Waals surface area contributed by atoms with Gasteiger partial charge >= 0.3 is 12.1 Å². The Bertz CT molecular complexity index is 1920. The Morgan fingerprint density at radius 1 is 0.741 bits per heavy atom. The van der Waals surface area contributed by atoms with Crippen LogP contribution in [0.3, 0.4) is 0 Å². The summed E-state index contributed by atoms with van der Waals surface area (Å²) in [6, 6.07) is 20.5. The number of nitrogens with one attached hydrogen (secondary N) is 2. The first kappa shape index (κ1) is 45.4. The number of esters is 1. The van der Waals surface area contributed by atoms with Gasteiger partial charge in [0.25, 0.3) is 11.8 Å². The number of methoxy groups -OCH3 is 1. The fourth-order valence-electron chi connectivity index (χ4n) is 5.76. The molecule has 0 bridgehead atoms. The molecule has 312 valence electrons. The molecule has 0 aliphatic heterocycles. The number of hydrogen-bond acceptors (Lipinski definition) is 10. The van der Waals surface area contributed by atoms with Gasteiger partial charge in [-0.1, -0.05) is 24.3 Å². The van der Waals surface area contributed by atoms with E-state index >= 15 is 0 Å². The van der Waals surface area contributed by atoms with Crippen LogP contribution >= 0.6 is 0 Å². The first-order valence-corrected chi connectivity index (χ1v) is 19.1. The number of carbonyl (C=O) groups excluding carboxylic acids is 3. The zero-order chi connectivity index (χ0) is 41.8. The molecule has 0 unspecified atom stereocenters. The smallest absolute Gasteiger partial charge is 0.416 e. The molecule has 0 saturated carbocycles. The topological polar surface area (TPSA) is 138 Å². The highest BCUT2D eigenvalue weighted by Gasteiger charge is 2.30. The third-order valence-corrected chi connectivity index (χ3v) is 8.81. The highest BCUT2D eigenvalue weighted by Crippen LogP contribution is 2.33. The SMILES string of the molecule is CCN(CC)c1ccc(NC(=O)c2cccc(COCCOCCOC(=O)CCCOCCOC)c2)c(-c2cc(C(=O)NCc3cccc(C(F)(F)F)c3)ccn2)c1. The number of anilines is 2. The van der Waals surface area contributed by atoms with Gasteiger partial charge in [0, 0.05) is 68.3 Å². The third-order valence-electron chi connectivity index (χ3n) is 8.81. The number of nitrogens with zero attached hydrogens (tertiary/aromatic N) is 2. The number of halogens is 3. The number of aromatic nitrogens is 1. The second-order valence-corrected chi connectivity index (χ2v) is 13.0. The summed E-state index contributed by atoms with van der Waals surface area (Å²) in [6.45, 7) is 8.08. The minimum atomic E-state index is -4.50. The lowest BCUT2D eigenvalue weighted by molar-refractivity contribution is -0.145. The van der Waals surface area contributed by atoms with E-state index < -0.39 is 17.6 Å². The molecule has 0 fully saturated rings. The van der Waals surface area contributed by atoms with Crippen molar-refractivity contribution in [3.63, 3.8) is 0 Å². The van der Waals surface area contributed by atoms with E-state index in [9.17, 15) is 27.6 Å². The van der Waals surface area contributed by atoms with Crippen molar-refractivity contribution in [3.8, 4) is 11.3 Å². The minimum Gasteiger partial charge on any atom is -0.463 e. The molecule has 15 heteroatoms. The summed E-state index contributed by atoms with van der Waals surface area (Å²) in [5.41, 5.74) is 3.27. The maximum Gasteiger partial charge on any atom is 0.416 e. The van der Waals surface area contributed by atoms with Gasteiger partial charge in [0.05, 0.1) is 56.6 Å². The van der Waals surface area contributed by atoms with Gasteiger partial charge in [0.1, 0.15) is 6.61 Å². The highest BCUT2D eigenvalue weighted by molar-refractivity contribution is 6.06. The van der Waals surface area contributed by atoms with Crippen LogP contribution in [0.4, 0.5) is 24.5 Å². The van der Waals surface area contributed by atoms with Crippen molar-refractivity contribution in [1.29, 1.82) is 0 Å². The monoisotopic (exact) mass is 808 g/mol.